The van der Waals surface area contributed by atoms with Crippen LogP contribution >= 0.6 is 0 Å². The number of amides is 1. The average molecular weight is 292 g/mol. The lowest BCUT2D eigenvalue weighted by Crippen LogP contribution is -2.23. The van der Waals surface area contributed by atoms with Gasteiger partial charge in [-0.2, -0.15) is 0 Å². The van der Waals surface area contributed by atoms with Gasteiger partial charge in [0.2, 0.25) is 0 Å². The molecule has 21 heavy (non-hydrogen) atoms. The van der Waals surface area contributed by atoms with Crippen molar-refractivity contribution in [3.63, 3.8) is 0 Å². The van der Waals surface area contributed by atoms with Gasteiger partial charge >= 0.3 is 5.97 Å². The van der Waals surface area contributed by atoms with E-state index in [0.717, 1.165) is 25.7 Å². The number of nitrogens with zero attached hydrogens (tertiary/aromatic N) is 1. The van der Waals surface area contributed by atoms with Crippen LogP contribution in [-0.2, 0) is 14.3 Å². The van der Waals surface area contributed by atoms with Crippen LogP contribution in [-0.4, -0.2) is 23.4 Å². The lowest BCUT2D eigenvalue weighted by Gasteiger charge is -2.09. The molecule has 0 unspecified atom stereocenters. The van der Waals surface area contributed by atoms with Crippen molar-refractivity contribution >= 4 is 23.3 Å². The fraction of sp³-hybridized carbons (Fsp3) is 0.429. The average Bonchev–Trinajstić information content (AvgIpc) is 2.99. The Morgan fingerprint density at radius 1 is 1.24 bits per heavy atom. The molecule has 0 saturated heterocycles. The Hall–Kier alpha value is -2.44. The molecule has 1 aromatic carbocycles. The Balaban J connectivity index is 1.78. The van der Waals surface area contributed by atoms with Gasteiger partial charge in [-0.3, -0.25) is 19.7 Å². The van der Waals surface area contributed by atoms with E-state index in [1.54, 1.807) is 0 Å². The molecule has 0 spiro atoms. The number of ether oxygens (including phenoxy) is 1. The highest BCUT2D eigenvalue weighted by Crippen LogP contribution is 2.25. The van der Waals surface area contributed by atoms with Crippen molar-refractivity contribution in [1.29, 1.82) is 0 Å². The zero-order chi connectivity index (χ0) is 15.2. The summed E-state index contributed by atoms with van der Waals surface area (Å²) in [5.74, 6) is -0.876. The molecule has 7 heteroatoms. The highest BCUT2D eigenvalue weighted by Gasteiger charge is 2.24. The van der Waals surface area contributed by atoms with Crippen LogP contribution in [0.5, 0.6) is 0 Å². The third-order valence-corrected chi connectivity index (χ3v) is 3.40. The number of anilines is 1. The maximum absolute atomic E-state index is 11.6. The number of non-ortho nitro benzene ring substituents is 1. The van der Waals surface area contributed by atoms with Gasteiger partial charge in [-0.15, -0.1) is 0 Å². The number of hydrogen-bond acceptors (Lipinski definition) is 5. The summed E-state index contributed by atoms with van der Waals surface area (Å²) in [5.41, 5.74) is 0.364. The molecular weight excluding hydrogens is 276 g/mol. The predicted octanol–water partition coefficient (Wildman–Crippen LogP) is 2.27. The van der Waals surface area contributed by atoms with Gasteiger partial charge in [-0.05, 0) is 25.0 Å². The third kappa shape index (κ3) is 4.27. The van der Waals surface area contributed by atoms with Gasteiger partial charge in [-0.25, -0.2) is 0 Å². The number of carbonyl (C=O) groups excluding carboxylic acids is 2. The number of nitro groups is 1. The lowest BCUT2D eigenvalue weighted by atomic mass is 10.1. The molecule has 1 saturated carbocycles. The van der Waals surface area contributed by atoms with Gasteiger partial charge in [0.05, 0.1) is 10.8 Å². The molecule has 1 aliphatic rings. The Morgan fingerprint density at radius 2 is 1.86 bits per heavy atom. The van der Waals surface area contributed by atoms with E-state index in [9.17, 15) is 19.7 Å². The molecule has 2 rings (SSSR count). The van der Waals surface area contributed by atoms with Crippen LogP contribution < -0.4 is 5.32 Å². The normalized spacial score (nSPS) is 14.7. The summed E-state index contributed by atoms with van der Waals surface area (Å²) in [4.78, 5) is 33.3. The van der Waals surface area contributed by atoms with Crippen molar-refractivity contribution < 1.29 is 19.2 Å². The fourth-order valence-corrected chi connectivity index (χ4v) is 2.28. The van der Waals surface area contributed by atoms with Crippen molar-refractivity contribution in [3.05, 3.63) is 34.4 Å². The third-order valence-electron chi connectivity index (χ3n) is 3.40. The maximum Gasteiger partial charge on any atom is 0.309 e. The van der Waals surface area contributed by atoms with Gasteiger partial charge < -0.3 is 10.1 Å². The minimum Gasteiger partial charge on any atom is -0.455 e. The van der Waals surface area contributed by atoms with Crippen LogP contribution in [0, 0.1) is 16.0 Å². The first-order valence-corrected chi connectivity index (χ1v) is 6.77. The molecule has 0 bridgehead atoms. The molecule has 7 nitrogen and oxygen atoms in total. The first-order chi connectivity index (χ1) is 10.1. The molecule has 0 heterocycles. The standard InChI is InChI=1S/C14H16N2O5/c17-13(9-21-14(18)10-3-1-2-4-10)15-11-5-7-12(8-6-11)16(19)20/h5-8,10H,1-4,9H2,(H,15,17). The summed E-state index contributed by atoms with van der Waals surface area (Å²) in [7, 11) is 0. The number of nitrogens with one attached hydrogen (secondary N) is 1. The summed E-state index contributed by atoms with van der Waals surface area (Å²) >= 11 is 0. The van der Waals surface area contributed by atoms with Crippen LogP contribution in [0.2, 0.25) is 0 Å². The molecule has 1 aromatic rings. The zero-order valence-corrected chi connectivity index (χ0v) is 11.4. The van der Waals surface area contributed by atoms with E-state index in [1.807, 2.05) is 0 Å². The molecule has 1 N–H and O–H groups in total. The summed E-state index contributed by atoms with van der Waals surface area (Å²) in [5, 5.41) is 13.0. The summed E-state index contributed by atoms with van der Waals surface area (Å²) in [6, 6.07) is 5.43. The largest absolute Gasteiger partial charge is 0.455 e. The predicted molar refractivity (Wildman–Crippen MR) is 74.6 cm³/mol. The van der Waals surface area contributed by atoms with Crippen molar-refractivity contribution in [2.45, 2.75) is 25.7 Å². The van der Waals surface area contributed by atoms with Crippen molar-refractivity contribution in [2.75, 3.05) is 11.9 Å². The van der Waals surface area contributed by atoms with Crippen molar-refractivity contribution in [1.82, 2.24) is 0 Å². The van der Waals surface area contributed by atoms with Crippen molar-refractivity contribution in [2.24, 2.45) is 5.92 Å². The van der Waals surface area contributed by atoms with Crippen LogP contribution in [0.3, 0.4) is 0 Å². The lowest BCUT2D eigenvalue weighted by molar-refractivity contribution is -0.384. The van der Waals surface area contributed by atoms with Crippen LogP contribution in [0.4, 0.5) is 11.4 Å². The van der Waals surface area contributed by atoms with Gasteiger partial charge in [0.15, 0.2) is 6.61 Å². The van der Waals surface area contributed by atoms with Gasteiger partial charge in [0.25, 0.3) is 11.6 Å². The summed E-state index contributed by atoms with van der Waals surface area (Å²) < 4.78 is 4.96. The Labute approximate surface area is 121 Å². The topological polar surface area (TPSA) is 98.5 Å². The van der Waals surface area contributed by atoms with Crippen molar-refractivity contribution in [3.8, 4) is 0 Å². The van der Waals surface area contributed by atoms with Crippen LogP contribution in [0.25, 0.3) is 0 Å². The second kappa shape index (κ2) is 6.83. The smallest absolute Gasteiger partial charge is 0.309 e. The monoisotopic (exact) mass is 292 g/mol. The maximum atomic E-state index is 11.6. The first kappa shape index (κ1) is 15.0. The second-order valence-corrected chi connectivity index (χ2v) is 4.94. The van der Waals surface area contributed by atoms with E-state index in [4.69, 9.17) is 4.74 Å². The van der Waals surface area contributed by atoms with E-state index in [2.05, 4.69) is 5.32 Å². The van der Waals surface area contributed by atoms with Crippen LogP contribution in [0.15, 0.2) is 24.3 Å². The number of hydrogen-bond donors (Lipinski definition) is 1. The van der Waals surface area contributed by atoms with E-state index < -0.39 is 10.8 Å². The SMILES string of the molecule is O=C(COC(=O)C1CCCC1)Nc1ccc([N+](=O)[O-])cc1. The van der Waals surface area contributed by atoms with E-state index >= 15 is 0 Å². The molecule has 0 aliphatic heterocycles. The van der Waals surface area contributed by atoms with Gasteiger partial charge in [0, 0.05) is 17.8 Å². The Bertz CT molecular complexity index is 535. The molecule has 112 valence electrons. The Kier molecular flexibility index (Phi) is 4.86. The quantitative estimate of drug-likeness (QED) is 0.510. The van der Waals surface area contributed by atoms with Gasteiger partial charge in [-0.1, -0.05) is 12.8 Å². The minimum atomic E-state index is -0.519. The van der Waals surface area contributed by atoms with Crippen LogP contribution in [0.1, 0.15) is 25.7 Å². The van der Waals surface area contributed by atoms with E-state index in [1.165, 1.54) is 24.3 Å². The molecule has 1 aliphatic carbocycles. The van der Waals surface area contributed by atoms with Gasteiger partial charge in [0.1, 0.15) is 0 Å². The summed E-state index contributed by atoms with van der Waals surface area (Å²) in [6.45, 7) is -0.341. The van der Waals surface area contributed by atoms with E-state index in [-0.39, 0.29) is 24.2 Å². The fourth-order valence-electron chi connectivity index (χ4n) is 2.28. The molecule has 1 amide bonds. The highest BCUT2D eigenvalue weighted by atomic mass is 16.6. The number of rotatable bonds is 5. The Morgan fingerprint density at radius 3 is 2.43 bits per heavy atom. The minimum absolute atomic E-state index is 0.0549. The number of esters is 1. The molecule has 0 atom stereocenters. The highest BCUT2D eigenvalue weighted by molar-refractivity contribution is 5.93. The second-order valence-electron chi connectivity index (χ2n) is 4.94. The first-order valence-electron chi connectivity index (χ1n) is 6.77. The zero-order valence-electron chi connectivity index (χ0n) is 11.4. The molecular formula is C14H16N2O5. The number of benzene rings is 1. The van der Waals surface area contributed by atoms with E-state index in [0.29, 0.717) is 5.69 Å². The molecule has 0 aromatic heterocycles. The molecule has 0 radical (unpaired) electrons. The molecule has 1 fully saturated rings. The summed E-state index contributed by atoms with van der Waals surface area (Å²) in [6.07, 6.45) is 3.69. The number of nitro benzene ring substituents is 1. The number of carbonyl (C=O) groups is 2.